The summed E-state index contributed by atoms with van der Waals surface area (Å²) in [5, 5.41) is 0. The fourth-order valence-corrected chi connectivity index (χ4v) is 4.46. The maximum Gasteiger partial charge on any atom is 0.417 e. The van der Waals surface area contributed by atoms with Crippen molar-refractivity contribution in [2.24, 2.45) is 4.99 Å². The van der Waals surface area contributed by atoms with E-state index >= 15 is 0 Å². The first-order valence-corrected chi connectivity index (χ1v) is 10.7. The molecule has 0 fully saturated rings. The van der Waals surface area contributed by atoms with Crippen molar-refractivity contribution < 1.29 is 26.3 Å². The lowest BCUT2D eigenvalue weighted by molar-refractivity contribution is -0.143. The fraction of sp³-hybridized carbons (Fsp3) is 0.107. The molecule has 0 aliphatic carbocycles. The van der Waals surface area contributed by atoms with Gasteiger partial charge in [0.15, 0.2) is 0 Å². The molecule has 0 saturated heterocycles. The Hall–Kier alpha value is -3.87. The minimum Gasteiger partial charge on any atom is -0.279 e. The Morgan fingerprint density at radius 2 is 1.17 bits per heavy atom. The van der Waals surface area contributed by atoms with Crippen molar-refractivity contribution in [3.05, 3.63) is 119 Å². The van der Waals surface area contributed by atoms with Gasteiger partial charge >= 0.3 is 12.4 Å². The van der Waals surface area contributed by atoms with Gasteiger partial charge in [0.05, 0.1) is 23.4 Å². The van der Waals surface area contributed by atoms with Crippen molar-refractivity contribution in [1.82, 2.24) is 0 Å². The third kappa shape index (κ3) is 4.22. The Bertz CT molecular complexity index is 1420. The number of hydrogen-bond donors (Lipinski definition) is 0. The Kier molecular flexibility index (Phi) is 5.50. The van der Waals surface area contributed by atoms with Crippen LogP contribution in [0.2, 0.25) is 0 Å². The summed E-state index contributed by atoms with van der Waals surface area (Å²) < 4.78 is 84.1. The second-order valence-corrected chi connectivity index (χ2v) is 8.17. The molecule has 0 saturated carbocycles. The van der Waals surface area contributed by atoms with E-state index in [4.69, 9.17) is 0 Å². The van der Waals surface area contributed by atoms with Gasteiger partial charge in [0.2, 0.25) is 0 Å². The van der Waals surface area contributed by atoms with Crippen molar-refractivity contribution in [1.29, 1.82) is 0 Å². The SMILES string of the molecule is FC(F)(F)c1cc2c(c(C(F)(F)F)c1)C(c1ccccc1)=NCc1c(-c3ccccc3)cccc1-2. The average molecular weight is 481 g/mol. The molecule has 5 rings (SSSR count). The molecule has 7 heteroatoms. The number of benzene rings is 4. The highest BCUT2D eigenvalue weighted by molar-refractivity contribution is 6.18. The van der Waals surface area contributed by atoms with E-state index in [1.807, 2.05) is 30.3 Å². The predicted molar refractivity (Wildman–Crippen MR) is 123 cm³/mol. The summed E-state index contributed by atoms with van der Waals surface area (Å²) in [5.41, 5.74) is -0.418. The molecular formula is C28H17F6N. The maximum absolute atomic E-state index is 14.3. The smallest absolute Gasteiger partial charge is 0.279 e. The van der Waals surface area contributed by atoms with Gasteiger partial charge in [0.25, 0.3) is 0 Å². The van der Waals surface area contributed by atoms with Gasteiger partial charge < -0.3 is 0 Å². The molecule has 1 nitrogen and oxygen atoms in total. The van der Waals surface area contributed by atoms with Crippen LogP contribution in [0.1, 0.15) is 27.8 Å². The quantitative estimate of drug-likeness (QED) is 0.255. The largest absolute Gasteiger partial charge is 0.417 e. The summed E-state index contributed by atoms with van der Waals surface area (Å²) in [6, 6.07) is 23.4. The molecule has 4 aromatic rings. The van der Waals surface area contributed by atoms with Crippen LogP contribution in [0.4, 0.5) is 26.3 Å². The zero-order valence-electron chi connectivity index (χ0n) is 18.1. The van der Waals surface area contributed by atoms with E-state index in [0.717, 1.165) is 11.6 Å². The normalized spacial score (nSPS) is 13.5. The van der Waals surface area contributed by atoms with E-state index in [2.05, 4.69) is 4.99 Å². The number of halogens is 6. The van der Waals surface area contributed by atoms with Gasteiger partial charge in [-0.25, -0.2) is 0 Å². The van der Waals surface area contributed by atoms with E-state index in [9.17, 15) is 26.3 Å². The summed E-state index contributed by atoms with van der Waals surface area (Å²) in [6.07, 6.45) is -9.98. The third-order valence-corrected chi connectivity index (χ3v) is 6.00. The minimum atomic E-state index is -5.03. The average Bonchev–Trinajstić information content (AvgIpc) is 3.00. The van der Waals surface area contributed by atoms with Crippen LogP contribution in [0.25, 0.3) is 22.3 Å². The lowest BCUT2D eigenvalue weighted by atomic mass is 9.85. The first kappa shape index (κ1) is 22.9. The second-order valence-electron chi connectivity index (χ2n) is 8.17. The van der Waals surface area contributed by atoms with E-state index in [-0.39, 0.29) is 29.4 Å². The molecule has 1 heterocycles. The second kappa shape index (κ2) is 8.41. The van der Waals surface area contributed by atoms with E-state index < -0.39 is 23.5 Å². The summed E-state index contributed by atoms with van der Waals surface area (Å²) in [6.45, 7) is 0.0119. The molecular weight excluding hydrogens is 464 g/mol. The van der Waals surface area contributed by atoms with Crippen LogP contribution in [0.15, 0.2) is 96.0 Å². The molecule has 176 valence electrons. The van der Waals surface area contributed by atoms with Crippen LogP contribution < -0.4 is 0 Å². The Labute approximate surface area is 197 Å². The standard InChI is InChI=1S/C28H17F6N/c29-27(30,31)19-14-22-21-13-7-12-20(17-8-3-1-4-9-17)23(21)16-35-26(18-10-5-2-6-11-18)25(22)24(15-19)28(32,33)34/h1-15H,16H2. The van der Waals surface area contributed by atoms with Crippen LogP contribution in [-0.4, -0.2) is 5.71 Å². The summed E-state index contributed by atoms with van der Waals surface area (Å²) in [4.78, 5) is 4.56. The molecule has 0 bridgehead atoms. The molecule has 1 aliphatic heterocycles. The van der Waals surface area contributed by atoms with Crippen LogP contribution in [0.3, 0.4) is 0 Å². The van der Waals surface area contributed by atoms with Crippen LogP contribution in [0, 0.1) is 0 Å². The topological polar surface area (TPSA) is 12.4 Å². The van der Waals surface area contributed by atoms with Crippen molar-refractivity contribution in [2.75, 3.05) is 0 Å². The molecule has 0 radical (unpaired) electrons. The Balaban J connectivity index is 1.91. The molecule has 35 heavy (non-hydrogen) atoms. The van der Waals surface area contributed by atoms with Crippen molar-refractivity contribution in [3.8, 4) is 22.3 Å². The Morgan fingerprint density at radius 1 is 0.571 bits per heavy atom. The number of rotatable bonds is 2. The third-order valence-electron chi connectivity index (χ3n) is 6.00. The van der Waals surface area contributed by atoms with Crippen molar-refractivity contribution in [2.45, 2.75) is 18.9 Å². The first-order chi connectivity index (χ1) is 16.6. The molecule has 0 atom stereocenters. The van der Waals surface area contributed by atoms with Gasteiger partial charge in [-0.05, 0) is 39.9 Å². The first-order valence-electron chi connectivity index (χ1n) is 10.7. The summed E-state index contributed by atoms with van der Waals surface area (Å²) in [7, 11) is 0. The van der Waals surface area contributed by atoms with Crippen molar-refractivity contribution in [3.63, 3.8) is 0 Å². The van der Waals surface area contributed by atoms with Gasteiger partial charge in [-0.15, -0.1) is 0 Å². The zero-order valence-corrected chi connectivity index (χ0v) is 18.1. The van der Waals surface area contributed by atoms with Gasteiger partial charge in [-0.3, -0.25) is 4.99 Å². The Morgan fingerprint density at radius 3 is 1.77 bits per heavy atom. The number of alkyl halides is 6. The highest BCUT2D eigenvalue weighted by Gasteiger charge is 2.41. The number of aliphatic imine (C=N–C) groups is 1. The van der Waals surface area contributed by atoms with Gasteiger partial charge in [-0.1, -0.05) is 78.9 Å². The monoisotopic (exact) mass is 481 g/mol. The number of nitrogens with zero attached hydrogens (tertiary/aromatic N) is 1. The van der Waals surface area contributed by atoms with E-state index in [1.165, 1.54) is 0 Å². The molecule has 0 unspecified atom stereocenters. The molecule has 0 N–H and O–H groups in total. The van der Waals surface area contributed by atoms with Crippen LogP contribution >= 0.6 is 0 Å². The molecule has 0 spiro atoms. The minimum absolute atomic E-state index is 0.0110. The molecule has 0 amide bonds. The molecule has 0 aromatic heterocycles. The lowest BCUT2D eigenvalue weighted by Gasteiger charge is -2.21. The van der Waals surface area contributed by atoms with E-state index in [1.54, 1.807) is 48.5 Å². The maximum atomic E-state index is 14.3. The van der Waals surface area contributed by atoms with Gasteiger partial charge in [0.1, 0.15) is 0 Å². The number of fused-ring (bicyclic) bond motifs is 3. The molecule has 1 aliphatic rings. The highest BCUT2D eigenvalue weighted by atomic mass is 19.4. The summed E-state index contributed by atoms with van der Waals surface area (Å²) >= 11 is 0. The number of hydrogen-bond acceptors (Lipinski definition) is 1. The highest BCUT2D eigenvalue weighted by Crippen LogP contribution is 2.46. The van der Waals surface area contributed by atoms with E-state index in [0.29, 0.717) is 22.3 Å². The zero-order chi connectivity index (χ0) is 24.8. The molecule has 4 aromatic carbocycles. The van der Waals surface area contributed by atoms with Crippen LogP contribution in [-0.2, 0) is 18.9 Å². The van der Waals surface area contributed by atoms with Gasteiger partial charge in [0, 0.05) is 11.1 Å². The summed E-state index contributed by atoms with van der Waals surface area (Å²) in [5.74, 6) is 0. The van der Waals surface area contributed by atoms with Gasteiger partial charge in [-0.2, -0.15) is 26.3 Å². The predicted octanol–water partition coefficient (Wildman–Crippen LogP) is 8.41. The lowest BCUT2D eigenvalue weighted by Crippen LogP contribution is -2.18. The van der Waals surface area contributed by atoms with Crippen molar-refractivity contribution >= 4 is 5.71 Å². The fourth-order valence-electron chi connectivity index (χ4n) is 4.46. The van der Waals surface area contributed by atoms with Crippen LogP contribution in [0.5, 0.6) is 0 Å².